The fourth-order valence-corrected chi connectivity index (χ4v) is 1.47. The van der Waals surface area contributed by atoms with Gasteiger partial charge in [0.05, 0.1) is 17.9 Å². The summed E-state index contributed by atoms with van der Waals surface area (Å²) in [4.78, 5) is 10.8. The molecule has 2 N–H and O–H groups in total. The molecule has 0 aromatic heterocycles. The molecule has 1 aliphatic heterocycles. The van der Waals surface area contributed by atoms with Crippen molar-refractivity contribution in [3.8, 4) is 0 Å². The van der Waals surface area contributed by atoms with Crippen molar-refractivity contribution in [2.24, 2.45) is 5.92 Å². The van der Waals surface area contributed by atoms with Crippen LogP contribution in [0.2, 0.25) is 0 Å². The molecule has 1 unspecified atom stereocenters. The van der Waals surface area contributed by atoms with Crippen molar-refractivity contribution in [2.45, 2.75) is 12.8 Å². The molecule has 0 aromatic carbocycles. The summed E-state index contributed by atoms with van der Waals surface area (Å²) in [7, 11) is -2.26. The Balaban J connectivity index is 0.00000121. The number of hydrogen-bond acceptors (Lipinski definition) is 4. The lowest BCUT2D eigenvalue weighted by Crippen LogP contribution is -2.25. The highest BCUT2D eigenvalue weighted by Gasteiger charge is 2.22. The SMILES string of the molecule is O.O=C1OCCCC1C=S(=O)=O. The first kappa shape index (κ1) is 11.1. The Hall–Kier alpha value is -0.880. The normalized spacial score (nSPS) is 22.0. The van der Waals surface area contributed by atoms with Crippen LogP contribution >= 0.6 is 0 Å². The van der Waals surface area contributed by atoms with Crippen LogP contribution in [0.1, 0.15) is 12.8 Å². The Morgan fingerprint density at radius 1 is 1.50 bits per heavy atom. The second kappa shape index (κ2) is 4.89. The molecule has 0 aliphatic carbocycles. The third-order valence-electron chi connectivity index (χ3n) is 1.48. The molecule has 0 spiro atoms. The third kappa shape index (κ3) is 3.02. The van der Waals surface area contributed by atoms with E-state index in [1.807, 2.05) is 0 Å². The first-order valence-electron chi connectivity index (χ1n) is 3.30. The van der Waals surface area contributed by atoms with E-state index in [0.717, 1.165) is 11.8 Å². The fraction of sp³-hybridized carbons (Fsp3) is 0.667. The molecular weight excluding hydrogens is 184 g/mol. The van der Waals surface area contributed by atoms with Crippen LogP contribution in [0.3, 0.4) is 0 Å². The van der Waals surface area contributed by atoms with Crippen molar-refractivity contribution >= 4 is 21.6 Å². The van der Waals surface area contributed by atoms with Crippen LogP contribution in [0.4, 0.5) is 0 Å². The molecule has 1 rings (SSSR count). The minimum absolute atomic E-state index is 0. The van der Waals surface area contributed by atoms with Crippen molar-refractivity contribution in [3.05, 3.63) is 0 Å². The van der Waals surface area contributed by atoms with Crippen LogP contribution in [0.5, 0.6) is 0 Å². The Kier molecular flexibility index (Phi) is 4.53. The standard InChI is InChI=1S/C6H8O4S.H2O/c7-6-5(4-11(8)9)2-1-3-10-6;/h4-5H,1-3H2;1H2. The second-order valence-electron chi connectivity index (χ2n) is 2.31. The number of ether oxygens (including phenoxy) is 1. The van der Waals surface area contributed by atoms with Gasteiger partial charge in [0.15, 0.2) is 0 Å². The van der Waals surface area contributed by atoms with Crippen molar-refractivity contribution < 1.29 is 23.4 Å². The largest absolute Gasteiger partial charge is 0.465 e. The maximum atomic E-state index is 10.8. The average molecular weight is 194 g/mol. The lowest BCUT2D eigenvalue weighted by Gasteiger charge is -2.15. The number of esters is 1. The molecule has 0 radical (unpaired) electrons. The molecule has 0 amide bonds. The second-order valence-corrected chi connectivity index (χ2v) is 3.11. The monoisotopic (exact) mass is 194 g/mol. The Bertz CT molecular complexity index is 270. The third-order valence-corrected chi connectivity index (χ3v) is 2.03. The zero-order chi connectivity index (χ0) is 8.27. The lowest BCUT2D eigenvalue weighted by atomic mass is 10.0. The number of hydrogen-bond donors (Lipinski definition) is 0. The fourth-order valence-electron chi connectivity index (χ4n) is 0.959. The Morgan fingerprint density at radius 2 is 2.17 bits per heavy atom. The Morgan fingerprint density at radius 3 is 2.67 bits per heavy atom. The number of carbonyl (C=O) groups is 1. The van der Waals surface area contributed by atoms with E-state index in [1.54, 1.807) is 0 Å². The van der Waals surface area contributed by atoms with Gasteiger partial charge in [0, 0.05) is 0 Å². The summed E-state index contributed by atoms with van der Waals surface area (Å²) < 4.78 is 24.9. The van der Waals surface area contributed by atoms with Crippen LogP contribution in [-0.4, -0.2) is 31.8 Å². The van der Waals surface area contributed by atoms with Gasteiger partial charge in [0.25, 0.3) is 0 Å². The van der Waals surface area contributed by atoms with Gasteiger partial charge in [-0.05, 0) is 12.8 Å². The van der Waals surface area contributed by atoms with Crippen LogP contribution in [0, 0.1) is 5.92 Å². The summed E-state index contributed by atoms with van der Waals surface area (Å²) in [5.41, 5.74) is 0. The molecule has 1 fully saturated rings. The Labute approximate surface area is 71.2 Å². The highest BCUT2D eigenvalue weighted by molar-refractivity contribution is 7.71. The molecule has 5 nitrogen and oxygen atoms in total. The summed E-state index contributed by atoms with van der Waals surface area (Å²) in [6.07, 6.45) is 1.32. The van der Waals surface area contributed by atoms with E-state index in [4.69, 9.17) is 0 Å². The summed E-state index contributed by atoms with van der Waals surface area (Å²) in [5.74, 6) is -0.984. The van der Waals surface area contributed by atoms with Crippen molar-refractivity contribution in [3.63, 3.8) is 0 Å². The van der Waals surface area contributed by atoms with Crippen molar-refractivity contribution in [1.29, 1.82) is 0 Å². The van der Waals surface area contributed by atoms with Crippen LogP contribution in [0.15, 0.2) is 0 Å². The van der Waals surface area contributed by atoms with Gasteiger partial charge in [-0.25, -0.2) is 0 Å². The molecular formula is C6H10O5S. The van der Waals surface area contributed by atoms with Gasteiger partial charge in [-0.15, -0.1) is 0 Å². The van der Waals surface area contributed by atoms with Crippen molar-refractivity contribution in [1.82, 2.24) is 0 Å². The van der Waals surface area contributed by atoms with Gasteiger partial charge >= 0.3 is 5.97 Å². The quantitative estimate of drug-likeness (QED) is 0.387. The minimum atomic E-state index is -2.26. The molecule has 1 heterocycles. The highest BCUT2D eigenvalue weighted by atomic mass is 32.2. The van der Waals surface area contributed by atoms with E-state index in [2.05, 4.69) is 4.74 Å². The lowest BCUT2D eigenvalue weighted by molar-refractivity contribution is -0.149. The molecule has 0 saturated carbocycles. The van der Waals surface area contributed by atoms with E-state index in [0.29, 0.717) is 13.0 Å². The van der Waals surface area contributed by atoms with Gasteiger partial charge in [-0.2, -0.15) is 8.42 Å². The molecule has 12 heavy (non-hydrogen) atoms. The molecule has 1 aliphatic rings. The molecule has 1 saturated heterocycles. The summed E-state index contributed by atoms with van der Waals surface area (Å²) >= 11 is 0. The van der Waals surface area contributed by atoms with Crippen LogP contribution < -0.4 is 0 Å². The first-order chi connectivity index (χ1) is 5.20. The summed E-state index contributed by atoms with van der Waals surface area (Å²) in [5, 5.41) is 0.988. The molecule has 6 heteroatoms. The molecule has 0 bridgehead atoms. The predicted molar refractivity (Wildman–Crippen MR) is 42.3 cm³/mol. The van der Waals surface area contributed by atoms with E-state index < -0.39 is 22.2 Å². The predicted octanol–water partition coefficient (Wildman–Crippen LogP) is -1.20. The van der Waals surface area contributed by atoms with E-state index in [-0.39, 0.29) is 5.48 Å². The summed E-state index contributed by atoms with van der Waals surface area (Å²) in [6, 6.07) is 0. The van der Waals surface area contributed by atoms with Gasteiger partial charge in [-0.3, -0.25) is 4.79 Å². The zero-order valence-electron chi connectivity index (χ0n) is 6.32. The molecule has 0 aromatic rings. The van der Waals surface area contributed by atoms with E-state index in [1.165, 1.54) is 0 Å². The number of rotatable bonds is 1. The van der Waals surface area contributed by atoms with Gasteiger partial charge in [-0.1, -0.05) is 0 Å². The van der Waals surface area contributed by atoms with E-state index >= 15 is 0 Å². The van der Waals surface area contributed by atoms with Gasteiger partial charge in [0.2, 0.25) is 10.3 Å². The van der Waals surface area contributed by atoms with Gasteiger partial charge < -0.3 is 10.2 Å². The topological polar surface area (TPSA) is 91.9 Å². The van der Waals surface area contributed by atoms with Crippen LogP contribution in [0.25, 0.3) is 0 Å². The number of cyclic esters (lactones) is 1. The zero-order valence-corrected chi connectivity index (χ0v) is 7.13. The van der Waals surface area contributed by atoms with E-state index in [9.17, 15) is 13.2 Å². The molecule has 70 valence electrons. The van der Waals surface area contributed by atoms with Crippen molar-refractivity contribution in [2.75, 3.05) is 6.61 Å². The number of carbonyl (C=O) groups excluding carboxylic acids is 1. The summed E-state index contributed by atoms with van der Waals surface area (Å²) in [6.45, 7) is 0.411. The smallest absolute Gasteiger partial charge is 0.313 e. The van der Waals surface area contributed by atoms with Gasteiger partial charge in [0.1, 0.15) is 0 Å². The minimum Gasteiger partial charge on any atom is -0.465 e. The maximum absolute atomic E-state index is 10.8. The average Bonchev–Trinajstić information content (AvgIpc) is 1.93. The first-order valence-corrected chi connectivity index (χ1v) is 4.43. The maximum Gasteiger partial charge on any atom is 0.313 e. The molecule has 1 atom stereocenters. The van der Waals surface area contributed by atoms with Crippen LogP contribution in [-0.2, 0) is 19.8 Å². The highest BCUT2D eigenvalue weighted by Crippen LogP contribution is 2.12.